The molecule has 0 unspecified atom stereocenters. The van der Waals surface area contributed by atoms with Crippen molar-refractivity contribution >= 4 is 17.6 Å². The largest absolute Gasteiger partial charge is 0.496 e. The first-order valence-corrected chi connectivity index (χ1v) is 6.70. The van der Waals surface area contributed by atoms with E-state index in [-0.39, 0.29) is 5.91 Å². The SMILES string of the molecule is COC(=O)c1ccc(NC(=O)c2cccc(C)c2OC)cc1. The molecule has 2 rings (SSSR count). The van der Waals surface area contributed by atoms with Crippen molar-refractivity contribution in [3.8, 4) is 5.75 Å². The van der Waals surface area contributed by atoms with Crippen molar-refractivity contribution in [3.63, 3.8) is 0 Å². The fourth-order valence-corrected chi connectivity index (χ4v) is 2.11. The molecule has 2 aromatic carbocycles. The van der Waals surface area contributed by atoms with E-state index >= 15 is 0 Å². The zero-order chi connectivity index (χ0) is 16.1. The molecule has 0 spiro atoms. The maximum absolute atomic E-state index is 12.3. The Morgan fingerprint density at radius 2 is 1.68 bits per heavy atom. The maximum Gasteiger partial charge on any atom is 0.337 e. The summed E-state index contributed by atoms with van der Waals surface area (Å²) >= 11 is 0. The predicted molar refractivity (Wildman–Crippen MR) is 83.5 cm³/mol. The van der Waals surface area contributed by atoms with Gasteiger partial charge in [0, 0.05) is 5.69 Å². The molecule has 0 saturated heterocycles. The second-order valence-electron chi connectivity index (χ2n) is 4.68. The second kappa shape index (κ2) is 6.76. The Morgan fingerprint density at radius 3 is 2.27 bits per heavy atom. The summed E-state index contributed by atoms with van der Waals surface area (Å²) in [6.45, 7) is 1.88. The van der Waals surface area contributed by atoms with Crippen molar-refractivity contribution in [1.82, 2.24) is 0 Å². The molecule has 0 aliphatic rings. The highest BCUT2D eigenvalue weighted by Gasteiger charge is 2.14. The number of para-hydroxylation sites is 1. The standard InChI is InChI=1S/C17H17NO4/c1-11-5-4-6-14(15(11)21-2)16(19)18-13-9-7-12(8-10-13)17(20)22-3/h4-10H,1-3H3,(H,18,19). The van der Waals surface area contributed by atoms with E-state index in [2.05, 4.69) is 10.1 Å². The van der Waals surface area contributed by atoms with Crippen LogP contribution in [0.25, 0.3) is 0 Å². The Hall–Kier alpha value is -2.82. The van der Waals surface area contributed by atoms with Gasteiger partial charge in [0.1, 0.15) is 5.75 Å². The van der Waals surface area contributed by atoms with Crippen LogP contribution in [0.2, 0.25) is 0 Å². The summed E-state index contributed by atoms with van der Waals surface area (Å²) in [7, 11) is 2.85. The highest BCUT2D eigenvalue weighted by molar-refractivity contribution is 6.06. The molecule has 0 aromatic heterocycles. The van der Waals surface area contributed by atoms with Gasteiger partial charge in [-0.25, -0.2) is 4.79 Å². The van der Waals surface area contributed by atoms with Crippen molar-refractivity contribution in [2.24, 2.45) is 0 Å². The third-order valence-corrected chi connectivity index (χ3v) is 3.22. The van der Waals surface area contributed by atoms with Gasteiger partial charge in [0.25, 0.3) is 5.91 Å². The van der Waals surface area contributed by atoms with Gasteiger partial charge in [-0.2, -0.15) is 0 Å². The van der Waals surface area contributed by atoms with E-state index in [0.29, 0.717) is 22.6 Å². The third kappa shape index (κ3) is 3.25. The zero-order valence-electron chi connectivity index (χ0n) is 12.7. The second-order valence-corrected chi connectivity index (χ2v) is 4.68. The average Bonchev–Trinajstić information content (AvgIpc) is 2.54. The van der Waals surface area contributed by atoms with E-state index in [1.54, 1.807) is 36.4 Å². The van der Waals surface area contributed by atoms with Crippen LogP contribution in [0.1, 0.15) is 26.3 Å². The summed E-state index contributed by atoms with van der Waals surface area (Å²) in [4.78, 5) is 23.7. The molecule has 0 bridgehead atoms. The number of carbonyl (C=O) groups excluding carboxylic acids is 2. The molecular formula is C17H17NO4. The number of nitrogens with one attached hydrogen (secondary N) is 1. The Kier molecular flexibility index (Phi) is 4.78. The van der Waals surface area contributed by atoms with Gasteiger partial charge in [-0.05, 0) is 42.8 Å². The van der Waals surface area contributed by atoms with Gasteiger partial charge in [0.2, 0.25) is 0 Å². The van der Waals surface area contributed by atoms with E-state index in [4.69, 9.17) is 4.74 Å². The lowest BCUT2D eigenvalue weighted by Gasteiger charge is -2.11. The zero-order valence-corrected chi connectivity index (χ0v) is 12.7. The van der Waals surface area contributed by atoms with Crippen LogP contribution in [0.3, 0.4) is 0 Å². The van der Waals surface area contributed by atoms with Gasteiger partial charge in [-0.15, -0.1) is 0 Å². The highest BCUT2D eigenvalue weighted by Crippen LogP contribution is 2.24. The molecule has 0 aliphatic carbocycles. The third-order valence-electron chi connectivity index (χ3n) is 3.22. The Labute approximate surface area is 128 Å². The minimum absolute atomic E-state index is 0.272. The molecule has 0 saturated carbocycles. The molecule has 5 nitrogen and oxygen atoms in total. The van der Waals surface area contributed by atoms with Crippen LogP contribution in [0.15, 0.2) is 42.5 Å². The molecule has 0 aliphatic heterocycles. The average molecular weight is 299 g/mol. The van der Waals surface area contributed by atoms with Gasteiger partial charge in [-0.3, -0.25) is 4.79 Å². The van der Waals surface area contributed by atoms with Crippen LogP contribution < -0.4 is 10.1 Å². The van der Waals surface area contributed by atoms with Crippen LogP contribution in [0.5, 0.6) is 5.75 Å². The van der Waals surface area contributed by atoms with Crippen molar-refractivity contribution in [3.05, 3.63) is 59.2 Å². The molecule has 1 N–H and O–H groups in total. The quantitative estimate of drug-likeness (QED) is 0.881. The topological polar surface area (TPSA) is 64.6 Å². The van der Waals surface area contributed by atoms with E-state index in [0.717, 1.165) is 5.56 Å². The molecule has 2 aromatic rings. The maximum atomic E-state index is 12.3. The normalized spacial score (nSPS) is 9.95. The number of anilines is 1. The minimum atomic E-state index is -0.418. The Bertz CT molecular complexity index is 692. The number of hydrogen-bond donors (Lipinski definition) is 1. The number of rotatable bonds is 4. The van der Waals surface area contributed by atoms with Gasteiger partial charge < -0.3 is 14.8 Å². The molecule has 0 fully saturated rings. The van der Waals surface area contributed by atoms with Crippen LogP contribution in [-0.2, 0) is 4.74 Å². The number of hydrogen-bond acceptors (Lipinski definition) is 4. The number of benzene rings is 2. The molecule has 1 amide bonds. The molecule has 5 heteroatoms. The summed E-state index contributed by atoms with van der Waals surface area (Å²) < 4.78 is 9.91. The van der Waals surface area contributed by atoms with Crippen molar-refractivity contribution < 1.29 is 19.1 Å². The van der Waals surface area contributed by atoms with E-state index in [1.807, 2.05) is 13.0 Å². The van der Waals surface area contributed by atoms with Crippen LogP contribution in [-0.4, -0.2) is 26.1 Å². The number of aryl methyl sites for hydroxylation is 1. The summed E-state index contributed by atoms with van der Waals surface area (Å²) in [5, 5.41) is 2.77. The van der Waals surface area contributed by atoms with Gasteiger partial charge in [-0.1, -0.05) is 12.1 Å². The molecule has 22 heavy (non-hydrogen) atoms. The fourth-order valence-electron chi connectivity index (χ4n) is 2.11. The summed E-state index contributed by atoms with van der Waals surface area (Å²) in [5.74, 6) is -0.143. The van der Waals surface area contributed by atoms with Crippen molar-refractivity contribution in [2.75, 3.05) is 19.5 Å². The van der Waals surface area contributed by atoms with E-state index in [9.17, 15) is 9.59 Å². The molecule has 0 heterocycles. The lowest BCUT2D eigenvalue weighted by atomic mass is 10.1. The number of methoxy groups -OCH3 is 2. The smallest absolute Gasteiger partial charge is 0.337 e. The van der Waals surface area contributed by atoms with E-state index < -0.39 is 5.97 Å². The molecule has 0 radical (unpaired) electrons. The molecule has 114 valence electrons. The first kappa shape index (κ1) is 15.6. The van der Waals surface area contributed by atoms with Crippen molar-refractivity contribution in [1.29, 1.82) is 0 Å². The lowest BCUT2D eigenvalue weighted by molar-refractivity contribution is 0.0600. The molecular weight excluding hydrogens is 282 g/mol. The summed E-state index contributed by atoms with van der Waals surface area (Å²) in [6, 6.07) is 11.8. The first-order valence-electron chi connectivity index (χ1n) is 6.70. The highest BCUT2D eigenvalue weighted by atomic mass is 16.5. The summed E-state index contributed by atoms with van der Waals surface area (Å²) in [5.41, 5.74) is 2.35. The predicted octanol–water partition coefficient (Wildman–Crippen LogP) is 3.04. The Balaban J connectivity index is 2.19. The first-order chi connectivity index (χ1) is 10.6. The Morgan fingerprint density at radius 1 is 1.00 bits per heavy atom. The van der Waals surface area contributed by atoms with E-state index in [1.165, 1.54) is 14.2 Å². The summed E-state index contributed by atoms with van der Waals surface area (Å²) in [6.07, 6.45) is 0. The molecule has 0 atom stereocenters. The van der Waals surface area contributed by atoms with Crippen LogP contribution in [0.4, 0.5) is 5.69 Å². The monoisotopic (exact) mass is 299 g/mol. The number of ether oxygens (including phenoxy) is 2. The van der Waals surface area contributed by atoms with Crippen LogP contribution in [0, 0.1) is 6.92 Å². The fraction of sp³-hybridized carbons (Fsp3) is 0.176. The van der Waals surface area contributed by atoms with Crippen LogP contribution >= 0.6 is 0 Å². The number of amides is 1. The van der Waals surface area contributed by atoms with Gasteiger partial charge >= 0.3 is 5.97 Å². The van der Waals surface area contributed by atoms with Gasteiger partial charge in [0.15, 0.2) is 0 Å². The number of esters is 1. The van der Waals surface area contributed by atoms with Gasteiger partial charge in [0.05, 0.1) is 25.3 Å². The minimum Gasteiger partial charge on any atom is -0.496 e. The number of carbonyl (C=O) groups is 2. The lowest BCUT2D eigenvalue weighted by Crippen LogP contribution is -2.13. The van der Waals surface area contributed by atoms with Crippen molar-refractivity contribution in [2.45, 2.75) is 6.92 Å².